The van der Waals surface area contributed by atoms with Gasteiger partial charge in [-0.2, -0.15) is 0 Å². The molecule has 0 aromatic heterocycles. The van der Waals surface area contributed by atoms with Crippen molar-refractivity contribution < 1.29 is 25.4 Å². The summed E-state index contributed by atoms with van der Waals surface area (Å²) in [6.45, 7) is 0. The minimum atomic E-state index is -1.77. The molecular formula is C14H13BO5. The summed E-state index contributed by atoms with van der Waals surface area (Å²) in [6, 6.07) is 8.92. The number of benzene rings is 2. The zero-order valence-electron chi connectivity index (χ0n) is 10.4. The summed E-state index contributed by atoms with van der Waals surface area (Å²) < 4.78 is 0. The molecule has 0 atom stereocenters. The summed E-state index contributed by atoms with van der Waals surface area (Å²) in [5.74, 6) is -0.661. The van der Waals surface area contributed by atoms with Crippen molar-refractivity contribution in [1.29, 1.82) is 0 Å². The van der Waals surface area contributed by atoms with Crippen LogP contribution in [0.3, 0.4) is 0 Å². The molecule has 0 spiro atoms. The van der Waals surface area contributed by atoms with E-state index < -0.39 is 7.12 Å². The topological polar surface area (TPSA) is 101 Å². The highest BCUT2D eigenvalue weighted by Crippen LogP contribution is 2.29. The van der Waals surface area contributed by atoms with Crippen molar-refractivity contribution in [2.45, 2.75) is 0 Å². The average molecular weight is 272 g/mol. The normalized spacial score (nSPS) is 10.9. The summed E-state index contributed by atoms with van der Waals surface area (Å²) in [7, 11) is -1.77. The molecule has 0 aliphatic heterocycles. The third-order valence-electron chi connectivity index (χ3n) is 2.83. The lowest BCUT2D eigenvalue weighted by Gasteiger charge is -2.05. The Morgan fingerprint density at radius 1 is 0.850 bits per heavy atom. The van der Waals surface area contributed by atoms with Gasteiger partial charge in [0.1, 0.15) is 5.75 Å². The first-order valence-electron chi connectivity index (χ1n) is 5.87. The molecule has 0 saturated carbocycles. The molecule has 2 aromatic rings. The summed E-state index contributed by atoms with van der Waals surface area (Å²) in [4.78, 5) is 0. The lowest BCUT2D eigenvalue weighted by atomic mass is 9.79. The van der Waals surface area contributed by atoms with E-state index in [1.165, 1.54) is 18.2 Å². The van der Waals surface area contributed by atoms with Gasteiger partial charge in [0.25, 0.3) is 0 Å². The van der Waals surface area contributed by atoms with Crippen molar-refractivity contribution in [2.75, 3.05) is 0 Å². The molecule has 0 radical (unpaired) electrons. The van der Waals surface area contributed by atoms with Crippen molar-refractivity contribution in [3.8, 4) is 17.2 Å². The molecule has 0 unspecified atom stereocenters. The van der Waals surface area contributed by atoms with Gasteiger partial charge in [-0.15, -0.1) is 0 Å². The highest BCUT2D eigenvalue weighted by atomic mass is 16.4. The van der Waals surface area contributed by atoms with E-state index in [4.69, 9.17) is 10.0 Å². The zero-order chi connectivity index (χ0) is 14.7. The molecule has 0 aliphatic carbocycles. The quantitative estimate of drug-likeness (QED) is 0.321. The Morgan fingerprint density at radius 2 is 1.60 bits per heavy atom. The zero-order valence-corrected chi connectivity index (χ0v) is 10.4. The number of hydrogen-bond acceptors (Lipinski definition) is 5. The van der Waals surface area contributed by atoms with Gasteiger partial charge in [0.15, 0.2) is 11.5 Å². The standard InChI is InChI=1S/C14H13BO5/c16-12-7-5-9(8-11(12)15(19)20)4-6-10-2-1-3-13(17)14(10)18/h1-8,16-20H/b6-4+. The van der Waals surface area contributed by atoms with Gasteiger partial charge in [0.05, 0.1) is 0 Å². The van der Waals surface area contributed by atoms with E-state index >= 15 is 0 Å². The lowest BCUT2D eigenvalue weighted by molar-refractivity contribution is 0.403. The lowest BCUT2D eigenvalue weighted by Crippen LogP contribution is -2.30. The van der Waals surface area contributed by atoms with Crippen LogP contribution in [0.25, 0.3) is 12.2 Å². The molecule has 0 heterocycles. The van der Waals surface area contributed by atoms with E-state index in [1.54, 1.807) is 30.4 Å². The minimum Gasteiger partial charge on any atom is -0.508 e. The fourth-order valence-corrected chi connectivity index (χ4v) is 1.75. The van der Waals surface area contributed by atoms with Crippen molar-refractivity contribution in [3.05, 3.63) is 47.5 Å². The number of para-hydroxylation sites is 1. The Bertz CT molecular complexity index is 652. The maximum Gasteiger partial charge on any atom is 0.492 e. The van der Waals surface area contributed by atoms with Crippen LogP contribution in [0.2, 0.25) is 0 Å². The fraction of sp³-hybridized carbons (Fsp3) is 0. The monoisotopic (exact) mass is 272 g/mol. The highest BCUT2D eigenvalue weighted by Gasteiger charge is 2.15. The first-order valence-corrected chi connectivity index (χ1v) is 5.87. The second-order valence-corrected chi connectivity index (χ2v) is 4.24. The maximum atomic E-state index is 9.64. The first-order chi connectivity index (χ1) is 9.49. The molecule has 0 fully saturated rings. The number of rotatable bonds is 3. The van der Waals surface area contributed by atoms with Gasteiger partial charge in [0, 0.05) is 11.0 Å². The maximum absolute atomic E-state index is 9.64. The van der Waals surface area contributed by atoms with Crippen molar-refractivity contribution in [2.24, 2.45) is 0 Å². The SMILES string of the molecule is OB(O)c1cc(/C=C/c2cccc(O)c2O)ccc1O. The Labute approximate surface area is 115 Å². The Kier molecular flexibility index (Phi) is 3.98. The van der Waals surface area contributed by atoms with E-state index in [1.807, 2.05) is 0 Å². The smallest absolute Gasteiger partial charge is 0.492 e. The second kappa shape index (κ2) is 5.69. The van der Waals surface area contributed by atoms with E-state index in [2.05, 4.69) is 0 Å². The molecule has 0 saturated heterocycles. The molecule has 0 aliphatic rings. The van der Waals surface area contributed by atoms with Crippen LogP contribution in [0.15, 0.2) is 36.4 Å². The van der Waals surface area contributed by atoms with Crippen LogP contribution in [-0.2, 0) is 0 Å². The van der Waals surface area contributed by atoms with Gasteiger partial charge in [-0.1, -0.05) is 36.4 Å². The van der Waals surface area contributed by atoms with Gasteiger partial charge in [-0.3, -0.25) is 0 Å². The summed E-state index contributed by atoms with van der Waals surface area (Å²) >= 11 is 0. The van der Waals surface area contributed by atoms with Crippen LogP contribution >= 0.6 is 0 Å². The van der Waals surface area contributed by atoms with E-state index in [9.17, 15) is 15.3 Å². The molecule has 2 rings (SSSR count). The average Bonchev–Trinajstić information content (AvgIpc) is 2.41. The van der Waals surface area contributed by atoms with Crippen molar-refractivity contribution >= 4 is 24.7 Å². The Morgan fingerprint density at radius 3 is 2.30 bits per heavy atom. The molecule has 0 bridgehead atoms. The summed E-state index contributed by atoms with van der Waals surface area (Å²) in [5.41, 5.74) is 1.02. The van der Waals surface area contributed by atoms with Crippen LogP contribution in [0.5, 0.6) is 17.2 Å². The van der Waals surface area contributed by atoms with Crippen molar-refractivity contribution in [1.82, 2.24) is 0 Å². The molecule has 5 nitrogen and oxygen atoms in total. The molecule has 5 N–H and O–H groups in total. The molecule has 2 aromatic carbocycles. The Balaban J connectivity index is 2.32. The third kappa shape index (κ3) is 2.93. The minimum absolute atomic E-state index is 0.00715. The number of phenols is 3. The molecule has 102 valence electrons. The van der Waals surface area contributed by atoms with Gasteiger partial charge >= 0.3 is 7.12 Å². The number of phenolic OH excluding ortho intramolecular Hbond substituents is 3. The predicted octanol–water partition coefficient (Wildman–Crippen LogP) is 0.654. The van der Waals surface area contributed by atoms with Gasteiger partial charge in [0.2, 0.25) is 0 Å². The van der Waals surface area contributed by atoms with Crippen LogP contribution < -0.4 is 5.46 Å². The van der Waals surface area contributed by atoms with E-state index in [0.717, 1.165) is 0 Å². The molecule has 6 heteroatoms. The summed E-state index contributed by atoms with van der Waals surface area (Å²) in [5, 5.41) is 46.6. The van der Waals surface area contributed by atoms with Gasteiger partial charge in [-0.25, -0.2) is 0 Å². The van der Waals surface area contributed by atoms with Crippen LogP contribution in [0.4, 0.5) is 0 Å². The largest absolute Gasteiger partial charge is 0.508 e. The Hall–Kier alpha value is -2.44. The number of hydrogen-bond donors (Lipinski definition) is 5. The first kappa shape index (κ1) is 14.0. The van der Waals surface area contributed by atoms with E-state index in [0.29, 0.717) is 11.1 Å². The van der Waals surface area contributed by atoms with Crippen LogP contribution in [0, 0.1) is 0 Å². The highest BCUT2D eigenvalue weighted by molar-refractivity contribution is 6.59. The fourth-order valence-electron chi connectivity index (χ4n) is 1.75. The second-order valence-electron chi connectivity index (χ2n) is 4.24. The van der Waals surface area contributed by atoms with E-state index in [-0.39, 0.29) is 22.7 Å². The van der Waals surface area contributed by atoms with Gasteiger partial charge < -0.3 is 25.4 Å². The molecule has 20 heavy (non-hydrogen) atoms. The van der Waals surface area contributed by atoms with Crippen molar-refractivity contribution in [3.63, 3.8) is 0 Å². The molecular weight excluding hydrogens is 259 g/mol. The van der Waals surface area contributed by atoms with Crippen LogP contribution in [-0.4, -0.2) is 32.5 Å². The summed E-state index contributed by atoms with van der Waals surface area (Å²) in [6.07, 6.45) is 3.18. The van der Waals surface area contributed by atoms with Gasteiger partial charge in [-0.05, 0) is 17.7 Å². The van der Waals surface area contributed by atoms with Crippen LogP contribution in [0.1, 0.15) is 11.1 Å². The third-order valence-corrected chi connectivity index (χ3v) is 2.83. The number of aromatic hydroxyl groups is 3. The predicted molar refractivity (Wildman–Crippen MR) is 76.6 cm³/mol. The molecule has 0 amide bonds.